The third kappa shape index (κ3) is 3.97. The second-order valence-electron chi connectivity index (χ2n) is 6.62. The molecule has 0 amide bonds. The van der Waals surface area contributed by atoms with Crippen molar-refractivity contribution in [3.05, 3.63) is 58.4 Å². The fraction of sp³-hybridized carbons (Fsp3) is 0.278. The third-order valence-corrected chi connectivity index (χ3v) is 6.71. The molecular formula is C18H14ClF3N2O5S. The van der Waals surface area contributed by atoms with Gasteiger partial charge in [-0.3, -0.25) is 0 Å². The van der Waals surface area contributed by atoms with Crippen molar-refractivity contribution in [2.75, 3.05) is 19.7 Å². The van der Waals surface area contributed by atoms with Crippen LogP contribution in [0.3, 0.4) is 0 Å². The normalized spacial score (nSPS) is 22.1. The first-order valence-corrected chi connectivity index (χ1v) is 10.2. The monoisotopic (exact) mass is 462 g/mol. The first-order valence-electron chi connectivity index (χ1n) is 8.36. The number of aliphatic hydroxyl groups excluding tert-OH is 1. The number of benzene rings is 2. The van der Waals surface area contributed by atoms with Crippen molar-refractivity contribution in [2.45, 2.75) is 16.6 Å². The molecule has 2 atom stereocenters. The van der Waals surface area contributed by atoms with Crippen LogP contribution in [0.15, 0.2) is 35.2 Å². The summed E-state index contributed by atoms with van der Waals surface area (Å²) in [6.07, 6.45) is -1.45. The fourth-order valence-electron chi connectivity index (χ4n) is 3.03. The molecule has 1 aliphatic rings. The second-order valence-corrected chi connectivity index (χ2v) is 8.96. The topological polar surface area (TPSA) is 111 Å². The molecule has 2 aromatic carbocycles. The van der Waals surface area contributed by atoms with Crippen molar-refractivity contribution in [1.82, 2.24) is 4.31 Å². The van der Waals surface area contributed by atoms with E-state index in [9.17, 15) is 37.1 Å². The molecule has 0 saturated carbocycles. The SMILES string of the molecule is N#Cc1cc(Cl)ccc1S(=O)(=O)N1CC(Oc2cc(F)c(F)c(F)c2)[C@](O)(CO)C1. The molecule has 2 aromatic rings. The van der Waals surface area contributed by atoms with Crippen molar-refractivity contribution in [1.29, 1.82) is 5.26 Å². The van der Waals surface area contributed by atoms with Gasteiger partial charge in [-0.05, 0) is 18.2 Å². The average Bonchev–Trinajstić information content (AvgIpc) is 3.03. The molecule has 1 fully saturated rings. The molecule has 30 heavy (non-hydrogen) atoms. The highest BCUT2D eigenvalue weighted by atomic mass is 35.5. The van der Waals surface area contributed by atoms with Crippen LogP contribution >= 0.6 is 11.6 Å². The highest BCUT2D eigenvalue weighted by molar-refractivity contribution is 7.89. The van der Waals surface area contributed by atoms with Crippen LogP contribution in [-0.4, -0.2) is 54.3 Å². The molecule has 160 valence electrons. The van der Waals surface area contributed by atoms with Crippen LogP contribution in [0.1, 0.15) is 5.56 Å². The average molecular weight is 463 g/mol. The maximum Gasteiger partial charge on any atom is 0.244 e. The molecule has 7 nitrogen and oxygen atoms in total. The Labute approximate surface area is 174 Å². The van der Waals surface area contributed by atoms with Gasteiger partial charge in [0.1, 0.15) is 28.4 Å². The molecule has 0 aliphatic carbocycles. The number of ether oxygens (including phenoxy) is 1. The Bertz CT molecular complexity index is 1120. The summed E-state index contributed by atoms with van der Waals surface area (Å²) in [5, 5.41) is 29.6. The van der Waals surface area contributed by atoms with Gasteiger partial charge >= 0.3 is 0 Å². The second kappa shape index (κ2) is 8.05. The van der Waals surface area contributed by atoms with Gasteiger partial charge in [-0.15, -0.1) is 0 Å². The summed E-state index contributed by atoms with van der Waals surface area (Å²) in [4.78, 5) is -0.380. The molecule has 0 bridgehead atoms. The lowest BCUT2D eigenvalue weighted by molar-refractivity contribution is -0.0642. The van der Waals surface area contributed by atoms with E-state index >= 15 is 0 Å². The van der Waals surface area contributed by atoms with Gasteiger partial charge < -0.3 is 14.9 Å². The Morgan fingerprint density at radius 3 is 2.47 bits per heavy atom. The van der Waals surface area contributed by atoms with Gasteiger partial charge in [-0.25, -0.2) is 21.6 Å². The van der Waals surface area contributed by atoms with E-state index in [0.29, 0.717) is 12.1 Å². The smallest absolute Gasteiger partial charge is 0.244 e. The van der Waals surface area contributed by atoms with E-state index < -0.39 is 64.6 Å². The van der Waals surface area contributed by atoms with E-state index in [4.69, 9.17) is 16.3 Å². The Kier molecular flexibility index (Phi) is 5.99. The maximum atomic E-state index is 13.4. The standard InChI is InChI=1S/C18H14ClF3N2O5S/c19-11-1-2-15(10(3-11)6-23)30(27,28)24-7-16(18(26,8-24)9-25)29-12-4-13(20)17(22)14(21)5-12/h1-5,16,25-26H,7-9H2/t16?,18-/m1/s1. The number of nitrogens with zero attached hydrogens (tertiary/aromatic N) is 2. The molecule has 0 radical (unpaired) electrons. The maximum absolute atomic E-state index is 13.4. The summed E-state index contributed by atoms with van der Waals surface area (Å²) in [6, 6.07) is 6.31. The van der Waals surface area contributed by atoms with Gasteiger partial charge in [0.25, 0.3) is 0 Å². The van der Waals surface area contributed by atoms with Crippen LogP contribution in [0.25, 0.3) is 0 Å². The molecule has 1 unspecified atom stereocenters. The van der Waals surface area contributed by atoms with Gasteiger partial charge in [0.2, 0.25) is 10.0 Å². The molecule has 3 rings (SSSR count). The van der Waals surface area contributed by atoms with Crippen molar-refractivity contribution in [3.63, 3.8) is 0 Å². The van der Waals surface area contributed by atoms with Crippen LogP contribution in [0.2, 0.25) is 5.02 Å². The number of hydrogen-bond acceptors (Lipinski definition) is 6. The Morgan fingerprint density at radius 1 is 1.27 bits per heavy atom. The molecular weight excluding hydrogens is 449 g/mol. The van der Waals surface area contributed by atoms with Crippen molar-refractivity contribution < 1.29 is 36.5 Å². The quantitative estimate of drug-likeness (QED) is 0.656. The van der Waals surface area contributed by atoms with Crippen molar-refractivity contribution in [2.24, 2.45) is 0 Å². The lowest BCUT2D eigenvalue weighted by Gasteiger charge is -2.27. The van der Waals surface area contributed by atoms with E-state index in [1.54, 1.807) is 6.07 Å². The van der Waals surface area contributed by atoms with E-state index in [2.05, 4.69) is 0 Å². The van der Waals surface area contributed by atoms with Crippen LogP contribution in [-0.2, 0) is 10.0 Å². The van der Waals surface area contributed by atoms with Crippen LogP contribution in [0, 0.1) is 28.8 Å². The summed E-state index contributed by atoms with van der Waals surface area (Å²) in [7, 11) is -4.33. The first-order chi connectivity index (χ1) is 14.0. The molecule has 2 N–H and O–H groups in total. The Hall–Kier alpha value is -2.36. The summed E-state index contributed by atoms with van der Waals surface area (Å²) in [5.41, 5.74) is -2.37. The van der Waals surface area contributed by atoms with Crippen molar-refractivity contribution in [3.8, 4) is 11.8 Å². The van der Waals surface area contributed by atoms with E-state index in [1.807, 2.05) is 0 Å². The highest BCUT2D eigenvalue weighted by Gasteiger charge is 2.51. The number of sulfonamides is 1. The van der Waals surface area contributed by atoms with Gasteiger partial charge in [0.05, 0.1) is 18.7 Å². The number of rotatable bonds is 5. The van der Waals surface area contributed by atoms with Gasteiger partial charge in [0, 0.05) is 23.7 Å². The molecule has 0 spiro atoms. The zero-order chi connectivity index (χ0) is 22.3. The predicted octanol–water partition coefficient (Wildman–Crippen LogP) is 1.80. The van der Waals surface area contributed by atoms with E-state index in [-0.39, 0.29) is 15.5 Å². The zero-order valence-electron chi connectivity index (χ0n) is 15.0. The number of aliphatic hydroxyl groups is 2. The lowest BCUT2D eigenvalue weighted by Crippen LogP contribution is -2.48. The summed E-state index contributed by atoms with van der Waals surface area (Å²) in [6.45, 7) is -2.09. The number of hydrogen-bond donors (Lipinski definition) is 2. The largest absolute Gasteiger partial charge is 0.486 e. The number of nitriles is 1. The molecule has 0 aromatic heterocycles. The minimum absolute atomic E-state index is 0.139. The van der Waals surface area contributed by atoms with E-state index in [1.165, 1.54) is 6.07 Å². The van der Waals surface area contributed by atoms with Crippen LogP contribution in [0.5, 0.6) is 5.75 Å². The Balaban J connectivity index is 1.94. The zero-order valence-corrected chi connectivity index (χ0v) is 16.6. The van der Waals surface area contributed by atoms with Crippen molar-refractivity contribution >= 4 is 21.6 Å². The van der Waals surface area contributed by atoms with Gasteiger partial charge in [-0.2, -0.15) is 9.57 Å². The number of β-amino-alcohol motifs (C(OH)–C–C–N with tert-alkyl or cyclic N) is 1. The molecule has 1 heterocycles. The fourth-order valence-corrected chi connectivity index (χ4v) is 4.82. The predicted molar refractivity (Wildman–Crippen MR) is 97.7 cm³/mol. The summed E-state index contributed by atoms with van der Waals surface area (Å²) >= 11 is 5.78. The molecule has 1 saturated heterocycles. The Morgan fingerprint density at radius 2 is 1.90 bits per heavy atom. The van der Waals surface area contributed by atoms with Crippen LogP contribution in [0.4, 0.5) is 13.2 Å². The minimum Gasteiger partial charge on any atom is -0.486 e. The lowest BCUT2D eigenvalue weighted by atomic mass is 10.0. The number of halogens is 4. The molecule has 12 heteroatoms. The van der Waals surface area contributed by atoms with E-state index in [0.717, 1.165) is 16.4 Å². The highest BCUT2D eigenvalue weighted by Crippen LogP contribution is 2.33. The molecule has 1 aliphatic heterocycles. The summed E-state index contributed by atoms with van der Waals surface area (Å²) in [5.74, 6) is -5.31. The third-order valence-electron chi connectivity index (χ3n) is 4.61. The van der Waals surface area contributed by atoms with Gasteiger partial charge in [0.15, 0.2) is 17.5 Å². The first kappa shape index (κ1) is 22.3. The minimum atomic E-state index is -4.33. The van der Waals surface area contributed by atoms with Gasteiger partial charge in [-0.1, -0.05) is 11.6 Å². The summed E-state index contributed by atoms with van der Waals surface area (Å²) < 4.78 is 72.0. The van der Waals surface area contributed by atoms with Crippen LogP contribution < -0.4 is 4.74 Å².